The lowest BCUT2D eigenvalue weighted by molar-refractivity contribution is -0.130. The Morgan fingerprint density at radius 1 is 0.320 bits per heavy atom. The van der Waals surface area contributed by atoms with Crippen LogP contribution in [0.3, 0.4) is 0 Å². The van der Waals surface area contributed by atoms with Crippen molar-refractivity contribution in [2.75, 3.05) is 73.8 Å². The molecule has 0 aliphatic carbocycles. The SMILES string of the molecule is CCCCCCCCCCCC/C=N\NC(=O)CSSCC(=O)NCCNC(=O)CC[C@H](N=C(N)N)C(=O)N[C@@H](CCC(=O)NCCNC(=O)CSSCC(=O)N/N=C\CCCCCCCCCCCC)C(=O)NCCNC(=O)CSSCC(=O)N/N=C\CCCCCCCCCCCC. The van der Waals surface area contributed by atoms with Crippen molar-refractivity contribution < 1.29 is 47.9 Å². The summed E-state index contributed by atoms with van der Waals surface area (Å²) in [4.78, 5) is 131. The number of amides is 10. The van der Waals surface area contributed by atoms with Crippen LogP contribution in [0.15, 0.2) is 20.3 Å². The van der Waals surface area contributed by atoms with Crippen LogP contribution in [-0.2, 0) is 47.9 Å². The van der Waals surface area contributed by atoms with Crippen LogP contribution in [0.2, 0.25) is 0 Å². The number of nitrogens with zero attached hydrogens (tertiary/aromatic N) is 4. The van der Waals surface area contributed by atoms with E-state index >= 15 is 0 Å². The minimum absolute atomic E-state index is 0.0153. The molecule has 574 valence electrons. The summed E-state index contributed by atoms with van der Waals surface area (Å²) in [6.45, 7) is 6.97. The largest absolute Gasteiger partial charge is 0.370 e. The summed E-state index contributed by atoms with van der Waals surface area (Å²) in [5.41, 5.74) is 18.9. The van der Waals surface area contributed by atoms with Crippen molar-refractivity contribution in [2.45, 2.75) is 270 Å². The number of hydrazone groups is 3. The zero-order valence-electron chi connectivity index (χ0n) is 60.5. The Labute approximate surface area is 621 Å². The fourth-order valence-corrected chi connectivity index (χ4v) is 14.6. The molecule has 26 nitrogen and oxygen atoms in total. The summed E-state index contributed by atoms with van der Waals surface area (Å²) in [5, 5.41) is 30.8. The zero-order chi connectivity index (χ0) is 73.4. The van der Waals surface area contributed by atoms with E-state index in [9.17, 15) is 47.9 Å². The highest BCUT2D eigenvalue weighted by atomic mass is 33.1. The Bertz CT molecular complexity index is 2310. The lowest BCUT2D eigenvalue weighted by atomic mass is 10.1. The van der Waals surface area contributed by atoms with E-state index in [0.29, 0.717) is 0 Å². The molecule has 0 aromatic rings. The van der Waals surface area contributed by atoms with Gasteiger partial charge in [-0.1, -0.05) is 259 Å². The van der Waals surface area contributed by atoms with Crippen LogP contribution < -0.4 is 65.0 Å². The second-order valence-electron chi connectivity index (χ2n) is 24.3. The highest BCUT2D eigenvalue weighted by molar-refractivity contribution is 8.77. The topological polar surface area (TPSA) is 392 Å². The van der Waals surface area contributed by atoms with Gasteiger partial charge in [0.2, 0.25) is 41.4 Å². The molecule has 2 atom stereocenters. The van der Waals surface area contributed by atoms with Crippen LogP contribution in [-0.4, -0.2) is 170 Å². The molecule has 100 heavy (non-hydrogen) atoms. The predicted molar refractivity (Wildman–Crippen MR) is 422 cm³/mol. The molecule has 0 unspecified atom stereocenters. The first kappa shape index (κ1) is 95.1. The van der Waals surface area contributed by atoms with E-state index in [0.717, 1.165) is 57.8 Å². The monoisotopic (exact) mass is 1520 g/mol. The van der Waals surface area contributed by atoms with Crippen LogP contribution in [0.25, 0.3) is 0 Å². The Balaban J connectivity index is 5.07. The second-order valence-corrected chi connectivity index (χ2v) is 31.7. The summed E-state index contributed by atoms with van der Waals surface area (Å²) >= 11 is 0. The molecule has 0 rings (SSSR count). The van der Waals surface area contributed by atoms with Gasteiger partial charge in [0.25, 0.3) is 17.7 Å². The third-order valence-corrected chi connectivity index (χ3v) is 21.5. The molecule has 0 aliphatic heterocycles. The molecule has 32 heteroatoms. The normalized spacial score (nSPS) is 11.8. The van der Waals surface area contributed by atoms with Crippen molar-refractivity contribution in [1.29, 1.82) is 0 Å². The molecule has 0 aliphatic rings. The van der Waals surface area contributed by atoms with Gasteiger partial charge in [-0.15, -0.1) is 0 Å². The van der Waals surface area contributed by atoms with Crippen LogP contribution in [0.4, 0.5) is 0 Å². The van der Waals surface area contributed by atoms with Crippen molar-refractivity contribution in [1.82, 2.24) is 53.5 Å². The van der Waals surface area contributed by atoms with Crippen molar-refractivity contribution in [3.05, 3.63) is 0 Å². The second kappa shape index (κ2) is 72.4. The van der Waals surface area contributed by atoms with E-state index < -0.39 is 41.7 Å². The molecule has 0 radical (unpaired) electrons. The number of unbranched alkanes of at least 4 members (excludes halogenated alkanes) is 30. The number of carbonyl (C=O) groups is 10. The molecule has 0 saturated heterocycles. The lowest BCUT2D eigenvalue weighted by Crippen LogP contribution is -2.51. The molecule has 0 saturated carbocycles. The summed E-state index contributed by atoms with van der Waals surface area (Å²) < 4.78 is 0. The first-order valence-electron chi connectivity index (χ1n) is 36.8. The standard InChI is InChI=1S/C68H126N16O10S6/c1-4-7-10-13-16-19-22-25-28-31-34-41-77-82-63(90)53-98-95-50-60(87)73-46-44-71-58(85)39-37-56(66(93)76-49-48-75-62(89)52-97-100-55-65(92)84-79-43-36-33-30-27-24-21-18-15-12-9-6-3)80-67(94)57(81-68(69)70)38-40-59(86)72-45-47-74-61(88)51-96-99-54-64(91)83-78-42-35-32-29-26-23-20-17-14-11-8-5-2/h41-43,56-57H,4-40,44-55H2,1-3H3,(H,71,85)(H,72,86)(H,73,87)(H,74,88)(H,75,89)(H,76,93)(H,80,94)(H,82,90)(H,83,91)(H,84,92)(H4,69,70,81)/b77-41-,78-42-,79-43-/t56-,57-/m0/s1. The Hall–Kier alpha value is -4.92. The van der Waals surface area contributed by atoms with Crippen LogP contribution in [0.1, 0.15) is 258 Å². The number of hydrogen-bond acceptors (Lipinski definition) is 20. The van der Waals surface area contributed by atoms with Crippen molar-refractivity contribution in [3.8, 4) is 0 Å². The van der Waals surface area contributed by atoms with E-state index in [-0.39, 0.29) is 135 Å². The summed E-state index contributed by atoms with van der Waals surface area (Å²) in [7, 11) is 7.22. The van der Waals surface area contributed by atoms with Crippen molar-refractivity contribution in [2.24, 2.45) is 31.8 Å². The highest BCUT2D eigenvalue weighted by Crippen LogP contribution is 2.22. The van der Waals surface area contributed by atoms with Gasteiger partial charge in [-0.3, -0.25) is 47.9 Å². The number of aliphatic imine (C=N–C) groups is 1. The van der Waals surface area contributed by atoms with Gasteiger partial charge in [0.05, 0.1) is 34.5 Å². The van der Waals surface area contributed by atoms with Gasteiger partial charge in [0.1, 0.15) is 12.1 Å². The number of nitrogens with two attached hydrogens (primary N) is 2. The van der Waals surface area contributed by atoms with E-state index in [1.54, 1.807) is 18.6 Å². The van der Waals surface area contributed by atoms with E-state index in [1.165, 1.54) is 219 Å². The maximum atomic E-state index is 13.8. The lowest BCUT2D eigenvalue weighted by Gasteiger charge is -2.21. The maximum absolute atomic E-state index is 13.8. The fraction of sp³-hybridized carbons (Fsp3) is 0.794. The Morgan fingerprint density at radius 2 is 0.580 bits per heavy atom. The highest BCUT2D eigenvalue weighted by Gasteiger charge is 2.27. The average Bonchev–Trinajstić information content (AvgIpc) is 0.903. The molecular formula is C68H126N16O10S6. The van der Waals surface area contributed by atoms with Crippen molar-refractivity contribution in [3.63, 3.8) is 0 Å². The molecule has 10 amide bonds. The smallest absolute Gasteiger partial charge is 0.250 e. The number of hydrogen-bond donors (Lipinski definition) is 12. The molecule has 0 fully saturated rings. The van der Waals surface area contributed by atoms with Gasteiger partial charge < -0.3 is 48.7 Å². The molecular weight excluding hydrogens is 1390 g/mol. The third kappa shape index (κ3) is 67.6. The summed E-state index contributed by atoms with van der Waals surface area (Å²) in [6, 6.07) is -2.63. The first-order valence-corrected chi connectivity index (χ1v) is 44.2. The average molecular weight is 1520 g/mol. The molecule has 0 bridgehead atoms. The van der Waals surface area contributed by atoms with Crippen LogP contribution >= 0.6 is 64.8 Å². The number of guanidine groups is 1. The predicted octanol–water partition coefficient (Wildman–Crippen LogP) is 9.75. The Kier molecular flexibility index (Phi) is 68.9. The molecule has 0 heterocycles. The summed E-state index contributed by atoms with van der Waals surface area (Å²) in [5.74, 6) is -4.25. The van der Waals surface area contributed by atoms with Gasteiger partial charge in [0.15, 0.2) is 5.96 Å². The van der Waals surface area contributed by atoms with Gasteiger partial charge in [-0.2, -0.15) is 15.3 Å². The number of rotatable bonds is 70. The number of carbonyl (C=O) groups excluding carboxylic acids is 10. The fourth-order valence-electron chi connectivity index (χ4n) is 9.55. The maximum Gasteiger partial charge on any atom is 0.250 e. The quantitative estimate of drug-likeness (QED) is 0.00885. The minimum Gasteiger partial charge on any atom is -0.370 e. The van der Waals surface area contributed by atoms with Gasteiger partial charge in [-0.25, -0.2) is 21.3 Å². The van der Waals surface area contributed by atoms with Gasteiger partial charge in [0, 0.05) is 70.8 Å². The molecule has 14 N–H and O–H groups in total. The zero-order valence-corrected chi connectivity index (χ0v) is 65.4. The van der Waals surface area contributed by atoms with Gasteiger partial charge in [-0.05, 0) is 51.4 Å². The first-order chi connectivity index (χ1) is 48.6. The van der Waals surface area contributed by atoms with Crippen molar-refractivity contribution >= 4 is 148 Å². The van der Waals surface area contributed by atoms with Crippen LogP contribution in [0, 0.1) is 0 Å². The Morgan fingerprint density at radius 3 is 0.880 bits per heavy atom. The molecule has 0 aromatic carbocycles. The minimum atomic E-state index is -1.33. The summed E-state index contributed by atoms with van der Waals surface area (Å²) in [6.07, 6.45) is 44.1. The van der Waals surface area contributed by atoms with Gasteiger partial charge >= 0.3 is 0 Å². The van der Waals surface area contributed by atoms with Crippen LogP contribution in [0.5, 0.6) is 0 Å². The molecule has 0 aromatic heterocycles. The van der Waals surface area contributed by atoms with E-state index in [2.05, 4.69) is 94.6 Å². The number of nitrogens with one attached hydrogen (secondary N) is 10. The van der Waals surface area contributed by atoms with E-state index in [1.807, 2.05) is 0 Å². The molecule has 0 spiro atoms. The third-order valence-electron chi connectivity index (χ3n) is 15.1. The van der Waals surface area contributed by atoms with E-state index in [4.69, 9.17) is 11.5 Å².